The predicted molar refractivity (Wildman–Crippen MR) is 106 cm³/mol. The van der Waals surface area contributed by atoms with Crippen molar-refractivity contribution in [1.82, 2.24) is 0 Å². The van der Waals surface area contributed by atoms with E-state index < -0.39 is 5.54 Å². The summed E-state index contributed by atoms with van der Waals surface area (Å²) >= 11 is 1.52. The summed E-state index contributed by atoms with van der Waals surface area (Å²) in [6.07, 6.45) is 3.59. The lowest BCUT2D eigenvalue weighted by Gasteiger charge is -2.27. The van der Waals surface area contributed by atoms with Gasteiger partial charge < -0.3 is 10.5 Å². The molecule has 0 radical (unpaired) electrons. The van der Waals surface area contributed by atoms with E-state index in [1.807, 2.05) is 60.9 Å². The molecule has 2 aromatic carbocycles. The zero-order chi connectivity index (χ0) is 17.9. The molecule has 0 bridgehead atoms. The van der Waals surface area contributed by atoms with Crippen LogP contribution in [0.1, 0.15) is 30.9 Å². The molecule has 2 unspecified atom stereocenters. The van der Waals surface area contributed by atoms with Crippen molar-refractivity contribution in [3.05, 3.63) is 65.7 Å². The molecule has 25 heavy (non-hydrogen) atoms. The number of nitrogens with two attached hydrogens (primary N) is 1. The summed E-state index contributed by atoms with van der Waals surface area (Å²) in [5.74, 6) is 0.195. The Kier molecular flexibility index (Phi) is 5.13. The maximum atomic E-state index is 13.5. The number of Topliss-reactive ketones (excluding diaryl/α,β-unsaturated/α-hetero) is 1. The lowest BCUT2D eigenvalue weighted by atomic mass is 9.77. The third-order valence-corrected chi connectivity index (χ3v) is 5.04. The number of amidine groups is 1. The molecule has 3 rings (SSSR count). The van der Waals surface area contributed by atoms with Crippen molar-refractivity contribution in [3.63, 3.8) is 0 Å². The van der Waals surface area contributed by atoms with Crippen LogP contribution >= 0.6 is 11.9 Å². The van der Waals surface area contributed by atoms with Crippen LogP contribution < -0.4 is 10.5 Å². The summed E-state index contributed by atoms with van der Waals surface area (Å²) in [6, 6.07) is 17.6. The first kappa shape index (κ1) is 17.5. The standard InChI is InChI=1S/C20H23N3OS/c1-3-8-17-18(24)20(22-19(17)21,14-9-5-4-6-10-14)15-11-7-12-16(13-15)23-25-2/h4-7,9-13,17,23H,3,8H2,1-2H3,(H2,21,22). The highest BCUT2D eigenvalue weighted by Crippen LogP contribution is 2.43. The fourth-order valence-corrected chi connectivity index (χ4v) is 3.83. The van der Waals surface area contributed by atoms with Gasteiger partial charge in [0.25, 0.3) is 0 Å². The van der Waals surface area contributed by atoms with Gasteiger partial charge in [0.2, 0.25) is 0 Å². The van der Waals surface area contributed by atoms with Gasteiger partial charge in [-0.1, -0.05) is 67.8 Å². The van der Waals surface area contributed by atoms with Crippen molar-refractivity contribution in [2.75, 3.05) is 11.0 Å². The van der Waals surface area contributed by atoms with Gasteiger partial charge in [-0.15, -0.1) is 0 Å². The highest BCUT2D eigenvalue weighted by atomic mass is 32.2. The molecule has 3 N–H and O–H groups in total. The highest BCUT2D eigenvalue weighted by molar-refractivity contribution is 7.99. The Morgan fingerprint density at radius 3 is 2.56 bits per heavy atom. The van der Waals surface area contributed by atoms with Crippen molar-refractivity contribution in [3.8, 4) is 0 Å². The molecule has 2 aromatic rings. The molecule has 0 spiro atoms. The fraction of sp³-hybridized carbons (Fsp3) is 0.300. The average molecular weight is 353 g/mol. The van der Waals surface area contributed by atoms with Gasteiger partial charge in [-0.25, -0.2) is 4.99 Å². The molecule has 2 atom stereocenters. The van der Waals surface area contributed by atoms with Gasteiger partial charge in [-0.3, -0.25) is 4.79 Å². The SMILES string of the molecule is CCCC1C(=O)C(c2ccccc2)(c2cccc(NSC)c2)N=C1N. The van der Waals surface area contributed by atoms with Crippen molar-refractivity contribution in [1.29, 1.82) is 0 Å². The number of nitrogens with one attached hydrogen (secondary N) is 1. The van der Waals surface area contributed by atoms with Crippen LogP contribution in [0.5, 0.6) is 0 Å². The Morgan fingerprint density at radius 1 is 1.16 bits per heavy atom. The molecule has 0 aliphatic carbocycles. The molecular weight excluding hydrogens is 330 g/mol. The Bertz CT molecular complexity index is 791. The maximum absolute atomic E-state index is 13.5. The average Bonchev–Trinajstić information content (AvgIpc) is 2.89. The molecule has 4 nitrogen and oxygen atoms in total. The number of nitrogens with zero attached hydrogens (tertiary/aromatic N) is 1. The Hall–Kier alpha value is -2.27. The van der Waals surface area contributed by atoms with Crippen LogP contribution in [0.15, 0.2) is 59.6 Å². The molecular formula is C20H23N3OS. The first-order valence-corrected chi connectivity index (χ1v) is 9.70. The lowest BCUT2D eigenvalue weighted by molar-refractivity contribution is -0.124. The number of hydrogen-bond acceptors (Lipinski definition) is 5. The number of rotatable bonds is 6. The molecule has 5 heteroatoms. The largest absolute Gasteiger partial charge is 0.387 e. The summed E-state index contributed by atoms with van der Waals surface area (Å²) in [7, 11) is 0. The van der Waals surface area contributed by atoms with E-state index in [4.69, 9.17) is 10.7 Å². The minimum absolute atomic E-state index is 0.0688. The van der Waals surface area contributed by atoms with Crippen LogP contribution in [0.3, 0.4) is 0 Å². The molecule has 0 saturated carbocycles. The van der Waals surface area contributed by atoms with Gasteiger partial charge >= 0.3 is 0 Å². The molecule has 0 aromatic heterocycles. The predicted octanol–water partition coefficient (Wildman–Crippen LogP) is 3.98. The second-order valence-electron chi connectivity index (χ2n) is 6.21. The number of ketones is 1. The number of hydrogen-bond donors (Lipinski definition) is 2. The smallest absolute Gasteiger partial charge is 0.180 e. The maximum Gasteiger partial charge on any atom is 0.180 e. The van der Waals surface area contributed by atoms with Gasteiger partial charge in [0.15, 0.2) is 11.3 Å². The molecule has 1 heterocycles. The van der Waals surface area contributed by atoms with E-state index >= 15 is 0 Å². The van der Waals surface area contributed by atoms with E-state index in [2.05, 4.69) is 11.6 Å². The minimum atomic E-state index is -1.05. The van der Waals surface area contributed by atoms with Crippen LogP contribution in [-0.4, -0.2) is 17.9 Å². The fourth-order valence-electron chi connectivity index (χ4n) is 3.47. The second-order valence-corrected chi connectivity index (χ2v) is 6.82. The number of carbonyl (C=O) groups excluding carboxylic acids is 1. The van der Waals surface area contributed by atoms with Crippen molar-refractivity contribution < 1.29 is 4.79 Å². The first-order valence-electron chi connectivity index (χ1n) is 8.48. The Labute approximate surface area is 153 Å². The number of anilines is 1. The van der Waals surface area contributed by atoms with Crippen LogP contribution in [0.2, 0.25) is 0 Å². The Balaban J connectivity index is 2.19. The Morgan fingerprint density at radius 2 is 1.88 bits per heavy atom. The molecule has 0 saturated heterocycles. The molecule has 0 fully saturated rings. The second kappa shape index (κ2) is 7.31. The van der Waals surface area contributed by atoms with Crippen molar-refractivity contribution in [2.24, 2.45) is 16.6 Å². The van der Waals surface area contributed by atoms with Crippen molar-refractivity contribution >= 4 is 29.3 Å². The quantitative estimate of drug-likeness (QED) is 0.771. The topological polar surface area (TPSA) is 67.5 Å². The highest BCUT2D eigenvalue weighted by Gasteiger charge is 2.50. The van der Waals surface area contributed by atoms with E-state index in [1.165, 1.54) is 11.9 Å². The van der Waals surface area contributed by atoms with Gasteiger partial charge in [-0.05, 0) is 29.7 Å². The molecule has 1 aliphatic heterocycles. The van der Waals surface area contributed by atoms with Crippen LogP contribution in [0.25, 0.3) is 0 Å². The van der Waals surface area contributed by atoms with Gasteiger partial charge in [0, 0.05) is 11.9 Å². The number of benzene rings is 2. The molecule has 0 amide bonds. The van der Waals surface area contributed by atoms with E-state index in [1.54, 1.807) is 0 Å². The van der Waals surface area contributed by atoms with E-state index in [9.17, 15) is 4.79 Å². The zero-order valence-electron chi connectivity index (χ0n) is 14.5. The number of carbonyl (C=O) groups is 1. The summed E-state index contributed by atoms with van der Waals surface area (Å²) in [6.45, 7) is 2.06. The summed E-state index contributed by atoms with van der Waals surface area (Å²) < 4.78 is 3.23. The van der Waals surface area contributed by atoms with E-state index in [0.717, 1.165) is 29.7 Å². The van der Waals surface area contributed by atoms with Crippen LogP contribution in [0.4, 0.5) is 5.69 Å². The zero-order valence-corrected chi connectivity index (χ0v) is 15.3. The van der Waals surface area contributed by atoms with E-state index in [0.29, 0.717) is 5.84 Å². The van der Waals surface area contributed by atoms with Gasteiger partial charge in [-0.2, -0.15) is 0 Å². The third-order valence-electron chi connectivity index (χ3n) is 4.60. The molecule has 1 aliphatic rings. The van der Waals surface area contributed by atoms with Gasteiger partial charge in [0.05, 0.1) is 5.92 Å². The lowest BCUT2D eigenvalue weighted by Crippen LogP contribution is -2.36. The third kappa shape index (κ3) is 3.04. The summed E-state index contributed by atoms with van der Waals surface area (Å²) in [5, 5.41) is 0. The van der Waals surface area contributed by atoms with Crippen LogP contribution in [0, 0.1) is 5.92 Å². The van der Waals surface area contributed by atoms with E-state index in [-0.39, 0.29) is 11.7 Å². The van der Waals surface area contributed by atoms with Crippen molar-refractivity contribution in [2.45, 2.75) is 25.3 Å². The number of aliphatic imine (C=N–C) groups is 1. The monoisotopic (exact) mass is 353 g/mol. The normalized spacial score (nSPS) is 22.7. The van der Waals surface area contributed by atoms with Gasteiger partial charge in [0.1, 0.15) is 5.84 Å². The minimum Gasteiger partial charge on any atom is -0.387 e. The first-order chi connectivity index (χ1) is 12.1. The van der Waals surface area contributed by atoms with Crippen LogP contribution in [-0.2, 0) is 10.3 Å². The molecule has 130 valence electrons. The summed E-state index contributed by atoms with van der Waals surface area (Å²) in [4.78, 5) is 18.2. The summed E-state index contributed by atoms with van der Waals surface area (Å²) in [5.41, 5.74) is 7.82.